The first-order chi connectivity index (χ1) is 7.79. The number of aromatic nitrogens is 3. The van der Waals surface area contributed by atoms with Gasteiger partial charge in [0, 0.05) is 15.9 Å². The number of nitrogen functional groups attached to an aromatic ring is 1. The predicted molar refractivity (Wildman–Crippen MR) is 64.2 cm³/mol. The Balaban J connectivity index is 2.49. The molecule has 0 aliphatic heterocycles. The van der Waals surface area contributed by atoms with Crippen LogP contribution in [0.1, 0.15) is 0 Å². The van der Waals surface area contributed by atoms with Crippen molar-refractivity contribution in [3.63, 3.8) is 0 Å². The summed E-state index contributed by atoms with van der Waals surface area (Å²) in [5.41, 5.74) is 5.05. The fourth-order valence-corrected chi connectivity index (χ4v) is 1.95. The highest BCUT2D eigenvalue weighted by Gasteiger charge is 2.09. The van der Waals surface area contributed by atoms with Gasteiger partial charge in [0.2, 0.25) is 0 Å². The topological polar surface area (TPSA) is 79.6 Å². The van der Waals surface area contributed by atoms with Gasteiger partial charge >= 0.3 is 0 Å². The Kier molecular flexibility index (Phi) is 1.95. The van der Waals surface area contributed by atoms with E-state index in [0.717, 1.165) is 21.9 Å². The van der Waals surface area contributed by atoms with Crippen LogP contribution in [0.25, 0.3) is 21.9 Å². The van der Waals surface area contributed by atoms with Crippen molar-refractivity contribution in [3.05, 3.63) is 29.5 Å². The first-order valence-electron chi connectivity index (χ1n) is 4.68. The van der Waals surface area contributed by atoms with E-state index in [2.05, 4.69) is 20.4 Å². The van der Waals surface area contributed by atoms with Gasteiger partial charge in [-0.1, -0.05) is 11.6 Å². The Bertz CT molecular complexity index is 675. The molecule has 1 aromatic carbocycles. The van der Waals surface area contributed by atoms with Crippen LogP contribution in [0.2, 0.25) is 5.02 Å². The molecule has 3 rings (SSSR count). The van der Waals surface area contributed by atoms with Crippen LogP contribution >= 0.6 is 11.6 Å². The molecule has 0 aliphatic rings. The first kappa shape index (κ1) is 9.38. The number of hydrogen-bond acceptors (Lipinski definition) is 4. The number of halogens is 1. The molecular formula is C10H8ClN5. The van der Waals surface area contributed by atoms with Gasteiger partial charge in [-0.2, -0.15) is 0 Å². The van der Waals surface area contributed by atoms with Crippen molar-refractivity contribution in [2.75, 3.05) is 5.43 Å². The van der Waals surface area contributed by atoms with Crippen LogP contribution in [0, 0.1) is 0 Å². The molecule has 0 spiro atoms. The molecule has 5 nitrogen and oxygen atoms in total. The third-order valence-electron chi connectivity index (χ3n) is 2.48. The number of nitrogens with two attached hydrogens (primary N) is 1. The SMILES string of the molecule is NNc1ncnc2c1[nH]c1cc(Cl)ccc12. The first-order valence-corrected chi connectivity index (χ1v) is 5.06. The summed E-state index contributed by atoms with van der Waals surface area (Å²) in [6.07, 6.45) is 1.47. The number of hydrazine groups is 1. The van der Waals surface area contributed by atoms with E-state index in [-0.39, 0.29) is 0 Å². The van der Waals surface area contributed by atoms with Crippen molar-refractivity contribution < 1.29 is 0 Å². The van der Waals surface area contributed by atoms with Crippen LogP contribution in [0.4, 0.5) is 5.82 Å². The third kappa shape index (κ3) is 1.22. The molecule has 0 unspecified atom stereocenters. The molecular weight excluding hydrogens is 226 g/mol. The lowest BCUT2D eigenvalue weighted by atomic mass is 10.2. The van der Waals surface area contributed by atoms with Crippen molar-refractivity contribution in [2.45, 2.75) is 0 Å². The van der Waals surface area contributed by atoms with Crippen LogP contribution in [-0.4, -0.2) is 15.0 Å². The lowest BCUT2D eigenvalue weighted by Gasteiger charge is -1.97. The van der Waals surface area contributed by atoms with Gasteiger partial charge in [0.05, 0.1) is 0 Å². The molecule has 16 heavy (non-hydrogen) atoms. The molecule has 0 bridgehead atoms. The van der Waals surface area contributed by atoms with Gasteiger partial charge in [0.25, 0.3) is 0 Å². The third-order valence-corrected chi connectivity index (χ3v) is 2.72. The number of fused-ring (bicyclic) bond motifs is 3. The fraction of sp³-hybridized carbons (Fsp3) is 0. The summed E-state index contributed by atoms with van der Waals surface area (Å²) in [5.74, 6) is 5.95. The fourth-order valence-electron chi connectivity index (χ4n) is 1.78. The number of aromatic amines is 1. The van der Waals surface area contributed by atoms with Crippen molar-refractivity contribution in [1.82, 2.24) is 15.0 Å². The molecule has 2 heterocycles. The number of rotatable bonds is 1. The Morgan fingerprint density at radius 2 is 2.19 bits per heavy atom. The summed E-state index contributed by atoms with van der Waals surface area (Å²) in [4.78, 5) is 11.4. The number of hydrogen-bond donors (Lipinski definition) is 3. The van der Waals surface area contributed by atoms with Crippen LogP contribution in [0.3, 0.4) is 0 Å². The monoisotopic (exact) mass is 233 g/mol. The molecule has 0 aliphatic carbocycles. The lowest BCUT2D eigenvalue weighted by Crippen LogP contribution is -2.09. The van der Waals surface area contributed by atoms with E-state index < -0.39 is 0 Å². The Morgan fingerprint density at radius 3 is 3.00 bits per heavy atom. The summed E-state index contributed by atoms with van der Waals surface area (Å²) in [6.45, 7) is 0. The average Bonchev–Trinajstić information content (AvgIpc) is 2.65. The summed E-state index contributed by atoms with van der Waals surface area (Å²) in [7, 11) is 0. The normalized spacial score (nSPS) is 11.1. The summed E-state index contributed by atoms with van der Waals surface area (Å²) in [6, 6.07) is 5.59. The van der Waals surface area contributed by atoms with E-state index in [4.69, 9.17) is 17.4 Å². The molecule has 0 saturated carbocycles. The molecule has 2 aromatic heterocycles. The van der Waals surface area contributed by atoms with E-state index in [9.17, 15) is 0 Å². The predicted octanol–water partition coefficient (Wildman–Crippen LogP) is 2.05. The molecule has 0 amide bonds. The minimum absolute atomic E-state index is 0.567. The highest BCUT2D eigenvalue weighted by atomic mass is 35.5. The number of nitrogens with one attached hydrogen (secondary N) is 2. The molecule has 0 atom stereocenters. The van der Waals surface area contributed by atoms with Gasteiger partial charge < -0.3 is 10.4 Å². The smallest absolute Gasteiger partial charge is 0.167 e. The van der Waals surface area contributed by atoms with Gasteiger partial charge in [-0.05, 0) is 18.2 Å². The molecule has 0 fully saturated rings. The molecule has 0 saturated heterocycles. The molecule has 80 valence electrons. The lowest BCUT2D eigenvalue weighted by molar-refractivity contribution is 1.18. The van der Waals surface area contributed by atoms with Gasteiger partial charge in [-0.15, -0.1) is 0 Å². The Labute approximate surface area is 95.6 Å². The van der Waals surface area contributed by atoms with E-state index in [1.165, 1.54) is 6.33 Å². The van der Waals surface area contributed by atoms with Gasteiger partial charge in [-0.3, -0.25) is 0 Å². The zero-order valence-electron chi connectivity index (χ0n) is 8.16. The minimum atomic E-state index is 0.567. The average molecular weight is 234 g/mol. The largest absolute Gasteiger partial charge is 0.350 e. The second-order valence-electron chi connectivity index (χ2n) is 3.41. The number of H-pyrrole nitrogens is 1. The van der Waals surface area contributed by atoms with Crippen LogP contribution in [-0.2, 0) is 0 Å². The number of nitrogens with zero attached hydrogens (tertiary/aromatic N) is 2. The molecule has 3 aromatic rings. The molecule has 0 radical (unpaired) electrons. The van der Waals surface area contributed by atoms with Crippen molar-refractivity contribution in [1.29, 1.82) is 0 Å². The maximum atomic E-state index is 5.92. The second kappa shape index (κ2) is 3.33. The maximum absolute atomic E-state index is 5.92. The minimum Gasteiger partial charge on any atom is -0.350 e. The van der Waals surface area contributed by atoms with Crippen LogP contribution in [0.5, 0.6) is 0 Å². The van der Waals surface area contributed by atoms with Gasteiger partial charge in [-0.25, -0.2) is 15.8 Å². The van der Waals surface area contributed by atoms with E-state index in [1.807, 2.05) is 18.2 Å². The van der Waals surface area contributed by atoms with Crippen molar-refractivity contribution >= 4 is 39.4 Å². The second-order valence-corrected chi connectivity index (χ2v) is 3.84. The Hall–Kier alpha value is -1.85. The van der Waals surface area contributed by atoms with Crippen molar-refractivity contribution in [2.24, 2.45) is 5.84 Å². The van der Waals surface area contributed by atoms with Gasteiger partial charge in [0.1, 0.15) is 17.4 Å². The summed E-state index contributed by atoms with van der Waals surface area (Å²) in [5, 5.41) is 1.67. The maximum Gasteiger partial charge on any atom is 0.167 e. The molecule has 4 N–H and O–H groups in total. The zero-order valence-corrected chi connectivity index (χ0v) is 8.92. The highest BCUT2D eigenvalue weighted by Crippen LogP contribution is 2.28. The highest BCUT2D eigenvalue weighted by molar-refractivity contribution is 6.31. The summed E-state index contributed by atoms with van der Waals surface area (Å²) < 4.78 is 0. The number of benzene rings is 1. The van der Waals surface area contributed by atoms with E-state index in [1.54, 1.807) is 0 Å². The van der Waals surface area contributed by atoms with Crippen LogP contribution in [0.15, 0.2) is 24.5 Å². The Morgan fingerprint density at radius 1 is 1.31 bits per heavy atom. The van der Waals surface area contributed by atoms with Gasteiger partial charge in [0.15, 0.2) is 5.82 Å². The quantitative estimate of drug-likeness (QED) is 0.444. The zero-order chi connectivity index (χ0) is 11.1. The summed E-state index contributed by atoms with van der Waals surface area (Å²) >= 11 is 5.92. The van der Waals surface area contributed by atoms with E-state index in [0.29, 0.717) is 10.8 Å². The van der Waals surface area contributed by atoms with E-state index >= 15 is 0 Å². The standard InChI is InChI=1S/C10H8ClN5/c11-5-1-2-6-7(3-5)15-9-8(6)13-4-14-10(9)16-12/h1-4,15H,12H2,(H,13,14,16). The van der Waals surface area contributed by atoms with Crippen molar-refractivity contribution in [3.8, 4) is 0 Å². The van der Waals surface area contributed by atoms with Crippen LogP contribution < -0.4 is 11.3 Å². The number of anilines is 1. The molecule has 6 heteroatoms.